The van der Waals surface area contributed by atoms with Gasteiger partial charge in [-0.3, -0.25) is 0 Å². The number of hydrogen-bond donors (Lipinski definition) is 4. The van der Waals surface area contributed by atoms with Crippen LogP contribution in [0.5, 0.6) is 0 Å². The van der Waals surface area contributed by atoms with Crippen molar-refractivity contribution in [3.8, 4) is 0 Å². The Morgan fingerprint density at radius 3 is 2.50 bits per heavy atom. The summed E-state index contributed by atoms with van der Waals surface area (Å²) in [4.78, 5) is 0. The van der Waals surface area contributed by atoms with Crippen LogP contribution in [0.3, 0.4) is 0 Å². The predicted molar refractivity (Wildman–Crippen MR) is 39.2 cm³/mol. The monoisotopic (exact) mass is 178 g/mol. The van der Waals surface area contributed by atoms with Crippen molar-refractivity contribution in [2.45, 2.75) is 37.4 Å². The molecule has 0 bridgehead atoms. The SMILES string of the molecule is CCC1(O)OC[C@@H](O)[C@@H](O)[C@@H]1O. The molecule has 1 fully saturated rings. The molecule has 1 saturated heterocycles. The van der Waals surface area contributed by atoms with Gasteiger partial charge in [0, 0.05) is 6.42 Å². The summed E-state index contributed by atoms with van der Waals surface area (Å²) in [6.45, 7) is 1.45. The van der Waals surface area contributed by atoms with E-state index in [0.717, 1.165) is 0 Å². The molecule has 0 radical (unpaired) electrons. The second-order valence-corrected chi connectivity index (χ2v) is 3.01. The average Bonchev–Trinajstić information content (AvgIpc) is 2.09. The Morgan fingerprint density at radius 1 is 1.42 bits per heavy atom. The molecule has 4 N–H and O–H groups in total. The van der Waals surface area contributed by atoms with Crippen molar-refractivity contribution >= 4 is 0 Å². The molecule has 1 unspecified atom stereocenters. The highest BCUT2D eigenvalue weighted by Gasteiger charge is 2.46. The van der Waals surface area contributed by atoms with E-state index in [1.807, 2.05) is 0 Å². The van der Waals surface area contributed by atoms with Crippen molar-refractivity contribution in [2.24, 2.45) is 0 Å². The first-order valence-corrected chi connectivity index (χ1v) is 3.92. The summed E-state index contributed by atoms with van der Waals surface area (Å²) in [5, 5.41) is 37.0. The summed E-state index contributed by atoms with van der Waals surface area (Å²) < 4.78 is 4.81. The molecule has 0 aliphatic carbocycles. The van der Waals surface area contributed by atoms with Crippen LogP contribution in [-0.2, 0) is 4.74 Å². The first kappa shape index (κ1) is 9.88. The van der Waals surface area contributed by atoms with Gasteiger partial charge in [-0.05, 0) is 0 Å². The molecule has 0 aromatic heterocycles. The topological polar surface area (TPSA) is 90.2 Å². The Morgan fingerprint density at radius 2 is 2.00 bits per heavy atom. The van der Waals surface area contributed by atoms with Gasteiger partial charge in [0.25, 0.3) is 0 Å². The Kier molecular flexibility index (Phi) is 2.70. The van der Waals surface area contributed by atoms with E-state index in [2.05, 4.69) is 0 Å². The second-order valence-electron chi connectivity index (χ2n) is 3.01. The van der Waals surface area contributed by atoms with Crippen LogP contribution in [0.2, 0.25) is 0 Å². The summed E-state index contributed by atoms with van der Waals surface area (Å²) in [6, 6.07) is 0. The van der Waals surface area contributed by atoms with Gasteiger partial charge in [-0.15, -0.1) is 0 Å². The highest BCUT2D eigenvalue weighted by Crippen LogP contribution is 2.26. The van der Waals surface area contributed by atoms with Crippen LogP contribution in [0.4, 0.5) is 0 Å². The molecule has 12 heavy (non-hydrogen) atoms. The zero-order valence-corrected chi connectivity index (χ0v) is 6.84. The lowest BCUT2D eigenvalue weighted by Gasteiger charge is -2.41. The molecule has 1 rings (SSSR count). The molecule has 1 heterocycles. The van der Waals surface area contributed by atoms with Crippen LogP contribution < -0.4 is 0 Å². The maximum Gasteiger partial charge on any atom is 0.194 e. The van der Waals surface area contributed by atoms with Gasteiger partial charge in [-0.25, -0.2) is 0 Å². The van der Waals surface area contributed by atoms with Gasteiger partial charge in [-0.2, -0.15) is 0 Å². The molecule has 72 valence electrons. The fourth-order valence-corrected chi connectivity index (χ4v) is 1.20. The molecule has 5 nitrogen and oxygen atoms in total. The van der Waals surface area contributed by atoms with Gasteiger partial charge in [-0.1, -0.05) is 6.92 Å². The summed E-state index contributed by atoms with van der Waals surface area (Å²) >= 11 is 0. The van der Waals surface area contributed by atoms with Gasteiger partial charge in [0.2, 0.25) is 0 Å². The van der Waals surface area contributed by atoms with Gasteiger partial charge in [0.05, 0.1) is 6.61 Å². The minimum Gasteiger partial charge on any atom is -0.388 e. The number of aliphatic hydroxyl groups excluding tert-OH is 3. The van der Waals surface area contributed by atoms with Crippen molar-refractivity contribution in [3.05, 3.63) is 0 Å². The first-order chi connectivity index (χ1) is 5.51. The quantitative estimate of drug-likeness (QED) is 0.380. The summed E-state index contributed by atoms with van der Waals surface area (Å²) in [5.41, 5.74) is 0. The normalized spacial score (nSPS) is 49.2. The minimum atomic E-state index is -1.72. The lowest BCUT2D eigenvalue weighted by atomic mass is 9.95. The molecule has 5 heteroatoms. The zero-order valence-electron chi connectivity index (χ0n) is 6.84. The van der Waals surface area contributed by atoms with Crippen LogP contribution in [-0.4, -0.2) is 51.1 Å². The van der Waals surface area contributed by atoms with E-state index in [9.17, 15) is 15.3 Å². The summed E-state index contributed by atoms with van der Waals surface area (Å²) in [5.74, 6) is -1.72. The smallest absolute Gasteiger partial charge is 0.194 e. The van der Waals surface area contributed by atoms with E-state index in [-0.39, 0.29) is 13.0 Å². The molecule has 4 atom stereocenters. The van der Waals surface area contributed by atoms with Crippen molar-refractivity contribution in [2.75, 3.05) is 6.61 Å². The van der Waals surface area contributed by atoms with Gasteiger partial charge in [0.1, 0.15) is 18.3 Å². The molecule has 1 aliphatic rings. The maximum atomic E-state index is 9.49. The van der Waals surface area contributed by atoms with E-state index in [0.29, 0.717) is 0 Å². The Labute approximate surface area is 70.2 Å². The molecule has 1 aliphatic heterocycles. The van der Waals surface area contributed by atoms with E-state index >= 15 is 0 Å². The Bertz CT molecular complexity index is 162. The maximum absolute atomic E-state index is 9.49. The molecule has 0 spiro atoms. The van der Waals surface area contributed by atoms with E-state index in [1.165, 1.54) is 0 Å². The van der Waals surface area contributed by atoms with E-state index in [4.69, 9.17) is 9.84 Å². The third-order valence-electron chi connectivity index (χ3n) is 2.19. The molecule has 0 aromatic rings. The molecule has 0 amide bonds. The fourth-order valence-electron chi connectivity index (χ4n) is 1.20. The molecular formula is C7H14O5. The van der Waals surface area contributed by atoms with Gasteiger partial charge < -0.3 is 25.2 Å². The summed E-state index contributed by atoms with van der Waals surface area (Å²) in [7, 11) is 0. The van der Waals surface area contributed by atoms with Crippen LogP contribution in [0.25, 0.3) is 0 Å². The van der Waals surface area contributed by atoms with Crippen molar-refractivity contribution in [3.63, 3.8) is 0 Å². The number of hydrogen-bond acceptors (Lipinski definition) is 5. The van der Waals surface area contributed by atoms with E-state index in [1.54, 1.807) is 6.92 Å². The number of rotatable bonds is 1. The number of aliphatic hydroxyl groups is 4. The number of ether oxygens (including phenoxy) is 1. The first-order valence-electron chi connectivity index (χ1n) is 3.92. The highest BCUT2D eigenvalue weighted by molar-refractivity contribution is 4.90. The Balaban J connectivity index is 2.71. The standard InChI is InChI=1S/C7H14O5/c1-2-7(11)6(10)5(9)4(8)3-12-7/h4-6,8-11H,2-3H2,1H3/t4-,5-,6+,7?/m1/s1. The third-order valence-corrected chi connectivity index (χ3v) is 2.19. The predicted octanol–water partition coefficient (Wildman–Crippen LogP) is -1.80. The highest BCUT2D eigenvalue weighted by atomic mass is 16.6. The molecule has 0 saturated carbocycles. The lowest BCUT2D eigenvalue weighted by molar-refractivity contribution is -0.321. The van der Waals surface area contributed by atoms with Crippen LogP contribution in [0.15, 0.2) is 0 Å². The summed E-state index contributed by atoms with van der Waals surface area (Å²) in [6.07, 6.45) is -3.76. The van der Waals surface area contributed by atoms with E-state index < -0.39 is 24.1 Å². The van der Waals surface area contributed by atoms with Gasteiger partial charge in [0.15, 0.2) is 5.79 Å². The van der Waals surface area contributed by atoms with Crippen LogP contribution in [0, 0.1) is 0 Å². The second kappa shape index (κ2) is 3.27. The lowest BCUT2D eigenvalue weighted by Crippen LogP contribution is -2.60. The van der Waals surface area contributed by atoms with Crippen molar-refractivity contribution < 1.29 is 25.2 Å². The Hall–Kier alpha value is -0.200. The molecular weight excluding hydrogens is 164 g/mol. The van der Waals surface area contributed by atoms with Gasteiger partial charge >= 0.3 is 0 Å². The largest absolute Gasteiger partial charge is 0.388 e. The van der Waals surface area contributed by atoms with Crippen LogP contribution in [0.1, 0.15) is 13.3 Å². The average molecular weight is 178 g/mol. The fraction of sp³-hybridized carbons (Fsp3) is 1.00. The molecule has 0 aromatic carbocycles. The van der Waals surface area contributed by atoms with Crippen molar-refractivity contribution in [1.82, 2.24) is 0 Å². The third kappa shape index (κ3) is 1.46. The zero-order chi connectivity index (χ0) is 9.35. The minimum absolute atomic E-state index is 0.164. The van der Waals surface area contributed by atoms with Crippen LogP contribution >= 0.6 is 0 Å². The van der Waals surface area contributed by atoms with Crippen molar-refractivity contribution in [1.29, 1.82) is 0 Å².